The number of amides is 2. The molecule has 6 nitrogen and oxygen atoms in total. The Bertz CT molecular complexity index is 263. The number of hydrogen-bond donors (Lipinski definition) is 2. The lowest BCUT2D eigenvalue weighted by Gasteiger charge is -2.31. The van der Waals surface area contributed by atoms with E-state index in [4.69, 9.17) is 5.11 Å². The van der Waals surface area contributed by atoms with Crippen LogP contribution in [0.3, 0.4) is 0 Å². The molecule has 0 aromatic rings. The molecule has 2 N–H and O–H groups in total. The van der Waals surface area contributed by atoms with Crippen LogP contribution in [0.4, 0.5) is 0 Å². The van der Waals surface area contributed by atoms with Gasteiger partial charge >= 0.3 is 17.8 Å². The zero-order valence-corrected chi connectivity index (χ0v) is 7.11. The van der Waals surface area contributed by atoms with E-state index in [1.165, 1.54) is 0 Å². The van der Waals surface area contributed by atoms with Crippen LogP contribution in [0.5, 0.6) is 0 Å². The molecule has 1 fully saturated rings. The number of carbonyl (C=O) groups excluding carboxylic acids is 2. The van der Waals surface area contributed by atoms with Gasteiger partial charge in [0.25, 0.3) is 0 Å². The average Bonchev–Trinajstić information content (AvgIpc) is 2.05. The number of nitrogens with one attached hydrogen (secondary N) is 1. The summed E-state index contributed by atoms with van der Waals surface area (Å²) in [6, 6.07) is -0.263. The van der Waals surface area contributed by atoms with Gasteiger partial charge in [0, 0.05) is 12.6 Å². The fraction of sp³-hybridized carbons (Fsp3) is 0.571. The molecule has 72 valence electrons. The van der Waals surface area contributed by atoms with Gasteiger partial charge < -0.3 is 15.3 Å². The second-order valence-corrected chi connectivity index (χ2v) is 2.89. The molecule has 0 spiro atoms. The summed E-state index contributed by atoms with van der Waals surface area (Å²) < 4.78 is 0. The summed E-state index contributed by atoms with van der Waals surface area (Å²) >= 11 is 0. The topological polar surface area (TPSA) is 86.7 Å². The lowest BCUT2D eigenvalue weighted by molar-refractivity contribution is -0.154. The molecule has 0 aromatic heterocycles. The van der Waals surface area contributed by atoms with Crippen LogP contribution in [0.25, 0.3) is 0 Å². The molecular weight excluding hydrogens is 176 g/mol. The van der Waals surface area contributed by atoms with Crippen molar-refractivity contribution in [3.8, 4) is 0 Å². The van der Waals surface area contributed by atoms with E-state index < -0.39 is 24.3 Å². The maximum absolute atomic E-state index is 11.1. The lowest BCUT2D eigenvalue weighted by atomic mass is 10.2. The third-order valence-electron chi connectivity index (χ3n) is 1.85. The SMILES string of the molecule is CC1CNC(=O)C(=O)N1CC(=O)O. The first-order chi connectivity index (χ1) is 6.02. The van der Waals surface area contributed by atoms with Crippen molar-refractivity contribution in [1.29, 1.82) is 0 Å². The minimum Gasteiger partial charge on any atom is -0.480 e. The summed E-state index contributed by atoms with van der Waals surface area (Å²) in [7, 11) is 0. The van der Waals surface area contributed by atoms with Gasteiger partial charge in [0.2, 0.25) is 0 Å². The smallest absolute Gasteiger partial charge is 0.323 e. The van der Waals surface area contributed by atoms with E-state index >= 15 is 0 Å². The van der Waals surface area contributed by atoms with Gasteiger partial charge in [-0.25, -0.2) is 0 Å². The fourth-order valence-corrected chi connectivity index (χ4v) is 1.13. The Kier molecular flexibility index (Phi) is 2.50. The first-order valence-electron chi connectivity index (χ1n) is 3.83. The Labute approximate surface area is 74.5 Å². The molecule has 1 rings (SSSR count). The fourth-order valence-electron chi connectivity index (χ4n) is 1.13. The van der Waals surface area contributed by atoms with Gasteiger partial charge in [-0.3, -0.25) is 14.4 Å². The molecular formula is C7H10N2O4. The third-order valence-corrected chi connectivity index (χ3v) is 1.85. The standard InChI is InChI=1S/C7H10N2O4/c1-4-2-8-6(12)7(13)9(4)3-5(10)11/h4H,2-3H2,1H3,(H,8,12)(H,10,11). The molecule has 0 aromatic carbocycles. The van der Waals surface area contributed by atoms with Crippen molar-refractivity contribution in [2.45, 2.75) is 13.0 Å². The highest BCUT2D eigenvalue weighted by Crippen LogP contribution is 2.03. The van der Waals surface area contributed by atoms with Crippen LogP contribution < -0.4 is 5.32 Å². The summed E-state index contributed by atoms with van der Waals surface area (Å²) in [5, 5.41) is 10.8. The second kappa shape index (κ2) is 3.42. The number of nitrogens with zero attached hydrogens (tertiary/aromatic N) is 1. The summed E-state index contributed by atoms with van der Waals surface area (Å²) in [6.45, 7) is 1.56. The Morgan fingerprint density at radius 1 is 1.69 bits per heavy atom. The van der Waals surface area contributed by atoms with Crippen LogP contribution in [-0.2, 0) is 14.4 Å². The molecule has 1 aliphatic rings. The van der Waals surface area contributed by atoms with Crippen LogP contribution in [0.2, 0.25) is 0 Å². The minimum absolute atomic E-state index is 0.263. The van der Waals surface area contributed by atoms with Crippen molar-refractivity contribution in [3.05, 3.63) is 0 Å². The van der Waals surface area contributed by atoms with Gasteiger partial charge in [0.15, 0.2) is 0 Å². The highest BCUT2D eigenvalue weighted by atomic mass is 16.4. The number of hydrogen-bond acceptors (Lipinski definition) is 3. The Morgan fingerprint density at radius 3 is 2.85 bits per heavy atom. The molecule has 1 unspecified atom stereocenters. The van der Waals surface area contributed by atoms with Gasteiger partial charge in [-0.05, 0) is 6.92 Å². The van der Waals surface area contributed by atoms with Crippen LogP contribution in [0, 0.1) is 0 Å². The van der Waals surface area contributed by atoms with Crippen molar-refractivity contribution in [2.24, 2.45) is 0 Å². The zero-order chi connectivity index (χ0) is 10.0. The van der Waals surface area contributed by atoms with E-state index in [1.54, 1.807) is 6.92 Å². The predicted octanol–water partition coefficient (Wildman–Crippen LogP) is -1.58. The van der Waals surface area contributed by atoms with Crippen molar-refractivity contribution >= 4 is 17.8 Å². The Balaban J connectivity index is 2.72. The van der Waals surface area contributed by atoms with E-state index in [0.29, 0.717) is 6.54 Å². The van der Waals surface area contributed by atoms with Crippen LogP contribution in [-0.4, -0.2) is 46.9 Å². The number of piperazine rings is 1. The molecule has 1 atom stereocenters. The largest absolute Gasteiger partial charge is 0.480 e. The van der Waals surface area contributed by atoms with Gasteiger partial charge in [-0.15, -0.1) is 0 Å². The minimum atomic E-state index is -1.12. The zero-order valence-electron chi connectivity index (χ0n) is 7.11. The molecule has 13 heavy (non-hydrogen) atoms. The number of aliphatic carboxylic acids is 1. The molecule has 2 amide bonds. The Morgan fingerprint density at radius 2 is 2.31 bits per heavy atom. The van der Waals surface area contributed by atoms with Gasteiger partial charge in [0.1, 0.15) is 6.54 Å². The number of carbonyl (C=O) groups is 3. The average molecular weight is 186 g/mol. The Hall–Kier alpha value is -1.59. The molecule has 1 aliphatic heterocycles. The number of rotatable bonds is 2. The molecule has 0 radical (unpaired) electrons. The van der Waals surface area contributed by atoms with E-state index in [0.717, 1.165) is 4.90 Å². The van der Waals surface area contributed by atoms with Gasteiger partial charge in [0.05, 0.1) is 0 Å². The number of carboxylic acid groups (broad SMARTS) is 1. The lowest BCUT2D eigenvalue weighted by Crippen LogP contribution is -2.58. The van der Waals surface area contributed by atoms with Gasteiger partial charge in [-0.2, -0.15) is 0 Å². The van der Waals surface area contributed by atoms with Gasteiger partial charge in [-0.1, -0.05) is 0 Å². The maximum atomic E-state index is 11.1. The van der Waals surface area contributed by atoms with Crippen LogP contribution in [0.15, 0.2) is 0 Å². The summed E-state index contributed by atoms with van der Waals surface area (Å²) in [4.78, 5) is 33.3. The summed E-state index contributed by atoms with van der Waals surface area (Å²) in [5.41, 5.74) is 0. The second-order valence-electron chi connectivity index (χ2n) is 2.89. The molecule has 0 bridgehead atoms. The van der Waals surface area contributed by atoms with E-state index in [1.807, 2.05) is 0 Å². The monoisotopic (exact) mass is 186 g/mol. The highest BCUT2D eigenvalue weighted by molar-refractivity contribution is 6.35. The van der Waals surface area contributed by atoms with Crippen molar-refractivity contribution in [2.75, 3.05) is 13.1 Å². The first-order valence-corrected chi connectivity index (χ1v) is 3.83. The molecule has 0 aliphatic carbocycles. The predicted molar refractivity (Wildman–Crippen MR) is 41.8 cm³/mol. The summed E-state index contributed by atoms with van der Waals surface area (Å²) in [6.07, 6.45) is 0. The van der Waals surface area contributed by atoms with Crippen LogP contribution in [0.1, 0.15) is 6.92 Å². The third kappa shape index (κ3) is 1.95. The van der Waals surface area contributed by atoms with E-state index in [9.17, 15) is 14.4 Å². The maximum Gasteiger partial charge on any atom is 0.323 e. The summed E-state index contributed by atoms with van der Waals surface area (Å²) in [5.74, 6) is -2.63. The van der Waals surface area contributed by atoms with E-state index in [-0.39, 0.29) is 6.04 Å². The normalized spacial score (nSPS) is 22.8. The molecule has 1 saturated heterocycles. The molecule has 6 heteroatoms. The van der Waals surface area contributed by atoms with Crippen LogP contribution >= 0.6 is 0 Å². The van der Waals surface area contributed by atoms with E-state index in [2.05, 4.69) is 5.32 Å². The highest BCUT2D eigenvalue weighted by Gasteiger charge is 2.32. The van der Waals surface area contributed by atoms with Crippen molar-refractivity contribution in [1.82, 2.24) is 10.2 Å². The quantitative estimate of drug-likeness (QED) is 0.509. The molecule has 0 saturated carbocycles. The number of carboxylic acids is 1. The van der Waals surface area contributed by atoms with Crippen molar-refractivity contribution in [3.63, 3.8) is 0 Å². The first kappa shape index (κ1) is 9.50. The molecule has 1 heterocycles. The van der Waals surface area contributed by atoms with Crippen molar-refractivity contribution < 1.29 is 19.5 Å².